The van der Waals surface area contributed by atoms with Crippen LogP contribution in [0.15, 0.2) is 6.07 Å². The number of thiophene rings is 1. The third-order valence-electron chi connectivity index (χ3n) is 3.64. The SMILES string of the molecule is CSC1CCC(NC(C)c2cc(Cl)sc2Cl)CC1. The second kappa shape index (κ2) is 6.85. The molecule has 1 fully saturated rings. The van der Waals surface area contributed by atoms with Crippen molar-refractivity contribution in [3.63, 3.8) is 0 Å². The van der Waals surface area contributed by atoms with E-state index in [0.717, 1.165) is 19.5 Å². The Hall–Kier alpha value is 0.590. The topological polar surface area (TPSA) is 12.0 Å². The summed E-state index contributed by atoms with van der Waals surface area (Å²) in [5.74, 6) is 0. The molecule has 0 amide bonds. The predicted octanol–water partition coefficient (Wildman–Crippen LogP) is 5.38. The van der Waals surface area contributed by atoms with E-state index in [9.17, 15) is 0 Å². The van der Waals surface area contributed by atoms with Crippen molar-refractivity contribution < 1.29 is 0 Å². The van der Waals surface area contributed by atoms with E-state index in [4.69, 9.17) is 23.2 Å². The maximum Gasteiger partial charge on any atom is 0.0991 e. The lowest BCUT2D eigenvalue weighted by Crippen LogP contribution is -2.35. The summed E-state index contributed by atoms with van der Waals surface area (Å²) in [6.45, 7) is 2.17. The fourth-order valence-corrected chi connectivity index (χ4v) is 4.95. The lowest BCUT2D eigenvalue weighted by atomic mass is 9.94. The van der Waals surface area contributed by atoms with Gasteiger partial charge in [0.1, 0.15) is 0 Å². The van der Waals surface area contributed by atoms with E-state index in [0.29, 0.717) is 6.04 Å². The maximum absolute atomic E-state index is 6.19. The minimum absolute atomic E-state index is 0.289. The molecular formula is C13H19Cl2NS2. The molecule has 1 aliphatic carbocycles. The molecule has 0 bridgehead atoms. The van der Waals surface area contributed by atoms with Crippen LogP contribution in [0.3, 0.4) is 0 Å². The standard InChI is InChI=1S/C13H19Cl2NS2/c1-8(11-7-12(14)18-13(11)15)16-9-3-5-10(17-2)6-4-9/h7-10,16H,3-6H2,1-2H3. The molecule has 1 heterocycles. The van der Waals surface area contributed by atoms with Gasteiger partial charge in [0.2, 0.25) is 0 Å². The molecule has 0 aromatic carbocycles. The van der Waals surface area contributed by atoms with Gasteiger partial charge < -0.3 is 5.32 Å². The first kappa shape index (κ1) is 15.0. The molecule has 1 nitrogen and oxygen atoms in total. The van der Waals surface area contributed by atoms with E-state index in [1.807, 2.05) is 17.8 Å². The molecule has 1 N–H and O–H groups in total. The third kappa shape index (κ3) is 3.80. The Bertz CT molecular complexity index is 386. The molecule has 1 saturated carbocycles. The van der Waals surface area contributed by atoms with Gasteiger partial charge in [0.25, 0.3) is 0 Å². The van der Waals surface area contributed by atoms with E-state index < -0.39 is 0 Å². The van der Waals surface area contributed by atoms with E-state index in [2.05, 4.69) is 18.5 Å². The molecule has 0 spiro atoms. The molecule has 0 radical (unpaired) electrons. The molecule has 1 unspecified atom stereocenters. The van der Waals surface area contributed by atoms with Crippen molar-refractivity contribution in [1.82, 2.24) is 5.32 Å². The van der Waals surface area contributed by atoms with Crippen molar-refractivity contribution in [1.29, 1.82) is 0 Å². The summed E-state index contributed by atoms with van der Waals surface area (Å²) in [6, 6.07) is 2.90. The summed E-state index contributed by atoms with van der Waals surface area (Å²) >= 11 is 15.6. The highest BCUT2D eigenvalue weighted by atomic mass is 35.5. The quantitative estimate of drug-likeness (QED) is 0.798. The number of halogens is 2. The molecule has 18 heavy (non-hydrogen) atoms. The van der Waals surface area contributed by atoms with Crippen LogP contribution in [-0.2, 0) is 0 Å². The second-order valence-electron chi connectivity index (χ2n) is 4.88. The molecule has 1 aromatic rings. The molecular weight excluding hydrogens is 305 g/mol. The van der Waals surface area contributed by atoms with Gasteiger partial charge in [0.15, 0.2) is 0 Å². The molecule has 1 aliphatic rings. The summed E-state index contributed by atoms with van der Waals surface area (Å²) in [7, 11) is 0. The summed E-state index contributed by atoms with van der Waals surface area (Å²) in [5.41, 5.74) is 1.14. The Morgan fingerprint density at radius 1 is 1.33 bits per heavy atom. The Balaban J connectivity index is 1.88. The van der Waals surface area contributed by atoms with Crippen LogP contribution in [0, 0.1) is 0 Å². The fraction of sp³-hybridized carbons (Fsp3) is 0.692. The lowest BCUT2D eigenvalue weighted by molar-refractivity contribution is 0.352. The summed E-state index contributed by atoms with van der Waals surface area (Å²) in [5, 5.41) is 4.55. The molecule has 0 aliphatic heterocycles. The highest BCUT2D eigenvalue weighted by molar-refractivity contribution is 7.99. The lowest BCUT2D eigenvalue weighted by Gasteiger charge is -2.30. The highest BCUT2D eigenvalue weighted by Crippen LogP contribution is 2.36. The van der Waals surface area contributed by atoms with Crippen molar-refractivity contribution in [2.24, 2.45) is 0 Å². The zero-order valence-electron chi connectivity index (χ0n) is 10.7. The highest BCUT2D eigenvalue weighted by Gasteiger charge is 2.23. The summed E-state index contributed by atoms with van der Waals surface area (Å²) in [6.07, 6.45) is 7.40. The normalized spacial score (nSPS) is 26.2. The van der Waals surface area contributed by atoms with E-state index >= 15 is 0 Å². The Morgan fingerprint density at radius 3 is 2.50 bits per heavy atom. The number of rotatable bonds is 4. The van der Waals surface area contributed by atoms with Crippen LogP contribution in [-0.4, -0.2) is 17.5 Å². The maximum atomic E-state index is 6.19. The van der Waals surface area contributed by atoms with Crippen LogP contribution in [0.2, 0.25) is 8.67 Å². The fourth-order valence-electron chi connectivity index (χ4n) is 2.56. The number of hydrogen-bond acceptors (Lipinski definition) is 3. The van der Waals surface area contributed by atoms with Gasteiger partial charge in [0.05, 0.1) is 8.67 Å². The molecule has 0 saturated heterocycles. The van der Waals surface area contributed by atoms with Crippen LogP contribution in [0.5, 0.6) is 0 Å². The van der Waals surface area contributed by atoms with Gasteiger partial charge >= 0.3 is 0 Å². The number of hydrogen-bond donors (Lipinski definition) is 1. The summed E-state index contributed by atoms with van der Waals surface area (Å²) in [4.78, 5) is 0. The van der Waals surface area contributed by atoms with E-state index in [1.165, 1.54) is 37.0 Å². The Labute approximate surface area is 128 Å². The molecule has 5 heteroatoms. The average molecular weight is 324 g/mol. The first-order valence-electron chi connectivity index (χ1n) is 6.33. The minimum atomic E-state index is 0.289. The van der Waals surface area contributed by atoms with Gasteiger partial charge in [-0.05, 0) is 50.5 Å². The Kier molecular flexibility index (Phi) is 5.70. The van der Waals surface area contributed by atoms with Gasteiger partial charge in [-0.1, -0.05) is 23.2 Å². The van der Waals surface area contributed by atoms with Gasteiger partial charge in [-0.25, -0.2) is 0 Å². The smallest absolute Gasteiger partial charge is 0.0991 e. The first-order chi connectivity index (χ1) is 8.60. The zero-order valence-corrected chi connectivity index (χ0v) is 13.9. The van der Waals surface area contributed by atoms with Gasteiger partial charge in [-0.15, -0.1) is 11.3 Å². The molecule has 1 atom stereocenters. The third-order valence-corrected chi connectivity index (χ3v) is 6.30. The largest absolute Gasteiger partial charge is 0.307 e. The van der Waals surface area contributed by atoms with Crippen LogP contribution in [0.4, 0.5) is 0 Å². The van der Waals surface area contributed by atoms with Gasteiger partial charge in [-0.3, -0.25) is 0 Å². The first-order valence-corrected chi connectivity index (χ1v) is 9.19. The molecule has 2 rings (SSSR count). The van der Waals surface area contributed by atoms with Crippen molar-refractivity contribution >= 4 is 46.3 Å². The van der Waals surface area contributed by atoms with Crippen molar-refractivity contribution in [2.75, 3.05) is 6.26 Å². The zero-order chi connectivity index (χ0) is 13.1. The molecule has 102 valence electrons. The summed E-state index contributed by atoms with van der Waals surface area (Å²) < 4.78 is 1.59. The number of thioether (sulfide) groups is 1. The van der Waals surface area contributed by atoms with Crippen LogP contribution in [0.25, 0.3) is 0 Å². The van der Waals surface area contributed by atoms with E-state index in [-0.39, 0.29) is 6.04 Å². The molecule has 1 aromatic heterocycles. The van der Waals surface area contributed by atoms with E-state index in [1.54, 1.807) is 0 Å². The average Bonchev–Trinajstić information content (AvgIpc) is 2.69. The van der Waals surface area contributed by atoms with Crippen LogP contribution >= 0.6 is 46.3 Å². The minimum Gasteiger partial charge on any atom is -0.307 e. The predicted molar refractivity (Wildman–Crippen MR) is 85.4 cm³/mol. The van der Waals surface area contributed by atoms with Gasteiger partial charge in [0, 0.05) is 17.3 Å². The van der Waals surface area contributed by atoms with Crippen molar-refractivity contribution in [3.8, 4) is 0 Å². The van der Waals surface area contributed by atoms with Crippen LogP contribution < -0.4 is 5.32 Å². The van der Waals surface area contributed by atoms with Crippen LogP contribution in [0.1, 0.15) is 44.2 Å². The van der Waals surface area contributed by atoms with Gasteiger partial charge in [-0.2, -0.15) is 11.8 Å². The second-order valence-corrected chi connectivity index (χ2v) is 8.30. The number of nitrogens with one attached hydrogen (secondary N) is 1. The van der Waals surface area contributed by atoms with Crippen molar-refractivity contribution in [2.45, 2.75) is 49.9 Å². The van der Waals surface area contributed by atoms with Crippen molar-refractivity contribution in [3.05, 3.63) is 20.3 Å². The Morgan fingerprint density at radius 2 is 2.00 bits per heavy atom. The monoisotopic (exact) mass is 323 g/mol.